The highest BCUT2D eigenvalue weighted by molar-refractivity contribution is 7.99. The molecule has 0 atom stereocenters. The fraction of sp³-hybridized carbons (Fsp3) is 0.174. The van der Waals surface area contributed by atoms with Crippen molar-refractivity contribution in [1.29, 1.82) is 0 Å². The molecule has 0 radical (unpaired) electrons. The third kappa shape index (κ3) is 6.19. The van der Waals surface area contributed by atoms with Gasteiger partial charge in [0, 0.05) is 21.5 Å². The zero-order chi connectivity index (χ0) is 23.3. The van der Waals surface area contributed by atoms with Gasteiger partial charge in [-0.15, -0.1) is 11.8 Å². The van der Waals surface area contributed by atoms with Crippen LogP contribution in [0.4, 0.5) is 11.4 Å². The molecule has 32 heavy (non-hydrogen) atoms. The van der Waals surface area contributed by atoms with Crippen molar-refractivity contribution in [2.45, 2.75) is 24.5 Å². The molecule has 0 aliphatic rings. The Hall–Kier alpha value is -2.19. The second-order valence-corrected chi connectivity index (χ2v) is 10.6. The lowest BCUT2D eigenvalue weighted by atomic mass is 10.1. The van der Waals surface area contributed by atoms with Gasteiger partial charge in [0.1, 0.15) is 0 Å². The molecule has 3 aromatic carbocycles. The number of sulfonamides is 1. The van der Waals surface area contributed by atoms with Gasteiger partial charge in [-0.1, -0.05) is 47.5 Å². The minimum Gasteiger partial charge on any atom is -0.325 e. The number of nitrogens with one attached hydrogen (secondary N) is 2. The van der Waals surface area contributed by atoms with Crippen LogP contribution in [0, 0.1) is 13.8 Å². The maximum absolute atomic E-state index is 12.7. The van der Waals surface area contributed by atoms with E-state index in [0.717, 1.165) is 16.7 Å². The third-order valence-electron chi connectivity index (χ3n) is 4.71. The maximum Gasteiger partial charge on any atom is 0.261 e. The van der Waals surface area contributed by atoms with Gasteiger partial charge in [0.25, 0.3) is 10.0 Å². The fourth-order valence-electron chi connectivity index (χ4n) is 3.00. The highest BCUT2D eigenvalue weighted by Gasteiger charge is 2.17. The number of para-hydroxylation sites is 1. The number of aryl methyl sites for hydroxylation is 2. The zero-order valence-electron chi connectivity index (χ0n) is 17.5. The predicted molar refractivity (Wildman–Crippen MR) is 134 cm³/mol. The first-order chi connectivity index (χ1) is 15.2. The van der Waals surface area contributed by atoms with Crippen LogP contribution < -0.4 is 10.0 Å². The Bertz CT molecular complexity index is 1190. The van der Waals surface area contributed by atoms with Gasteiger partial charge in [-0.2, -0.15) is 0 Å². The highest BCUT2D eigenvalue weighted by atomic mass is 35.5. The molecule has 0 saturated heterocycles. The van der Waals surface area contributed by atoms with Crippen LogP contribution in [0.15, 0.2) is 65.6 Å². The number of carbonyl (C=O) groups excluding carboxylic acids is 1. The zero-order valence-corrected chi connectivity index (χ0v) is 20.6. The molecule has 1 amide bonds. The van der Waals surface area contributed by atoms with Gasteiger partial charge in [-0.25, -0.2) is 8.42 Å². The van der Waals surface area contributed by atoms with Gasteiger partial charge >= 0.3 is 0 Å². The number of carbonyl (C=O) groups is 1. The number of rotatable bonds is 8. The topological polar surface area (TPSA) is 75.3 Å². The molecule has 3 rings (SSSR count). The molecular formula is C23H22Cl2N2O3S2. The standard InChI is InChI=1S/C23H22Cl2N2O3S2/c1-15-5-3-6-16(2)23(15)27-32(29,30)18-11-9-17(10-12-18)26-22(28)14-31-13-19-20(24)7-4-8-21(19)25/h3-12,27H,13-14H2,1-2H3,(H,26,28). The van der Waals surface area contributed by atoms with Crippen LogP contribution in [0.3, 0.4) is 0 Å². The largest absolute Gasteiger partial charge is 0.325 e. The van der Waals surface area contributed by atoms with Crippen molar-refractivity contribution in [2.75, 3.05) is 15.8 Å². The van der Waals surface area contributed by atoms with E-state index in [4.69, 9.17) is 23.2 Å². The van der Waals surface area contributed by atoms with Gasteiger partial charge in [0.15, 0.2) is 0 Å². The second kappa shape index (κ2) is 10.6. The summed E-state index contributed by atoms with van der Waals surface area (Å²) in [6, 6.07) is 16.9. The van der Waals surface area contributed by atoms with Crippen LogP contribution in [0.5, 0.6) is 0 Å². The summed E-state index contributed by atoms with van der Waals surface area (Å²) in [7, 11) is -3.75. The van der Waals surface area contributed by atoms with E-state index in [1.54, 1.807) is 30.3 Å². The normalized spacial score (nSPS) is 11.2. The molecule has 9 heteroatoms. The molecule has 5 nitrogen and oxygen atoms in total. The van der Waals surface area contributed by atoms with E-state index in [-0.39, 0.29) is 16.6 Å². The molecule has 0 bridgehead atoms. The summed E-state index contributed by atoms with van der Waals surface area (Å²) in [5.74, 6) is 0.505. The lowest BCUT2D eigenvalue weighted by Crippen LogP contribution is -2.16. The van der Waals surface area contributed by atoms with Gasteiger partial charge in [0.2, 0.25) is 5.91 Å². The Labute approximate surface area is 202 Å². The molecule has 0 spiro atoms. The monoisotopic (exact) mass is 508 g/mol. The first kappa shape index (κ1) is 24.5. The molecule has 3 aromatic rings. The van der Waals surface area contributed by atoms with Crippen molar-refractivity contribution >= 4 is 62.3 Å². The first-order valence-electron chi connectivity index (χ1n) is 9.67. The van der Waals surface area contributed by atoms with E-state index < -0.39 is 10.0 Å². The average molecular weight is 509 g/mol. The molecule has 0 aliphatic heterocycles. The molecule has 0 aromatic heterocycles. The Kier molecular flexibility index (Phi) is 8.11. The lowest BCUT2D eigenvalue weighted by molar-refractivity contribution is -0.113. The molecule has 0 aliphatic carbocycles. The van der Waals surface area contributed by atoms with Gasteiger partial charge in [-0.05, 0) is 66.9 Å². The Morgan fingerprint density at radius 1 is 0.906 bits per heavy atom. The average Bonchev–Trinajstić information content (AvgIpc) is 2.73. The molecule has 2 N–H and O–H groups in total. The molecule has 168 valence electrons. The number of benzene rings is 3. The van der Waals surface area contributed by atoms with E-state index in [0.29, 0.717) is 27.2 Å². The summed E-state index contributed by atoms with van der Waals surface area (Å²) in [5, 5.41) is 3.90. The van der Waals surface area contributed by atoms with Crippen molar-refractivity contribution in [2.24, 2.45) is 0 Å². The summed E-state index contributed by atoms with van der Waals surface area (Å²) in [5.41, 5.74) is 3.55. The summed E-state index contributed by atoms with van der Waals surface area (Å²) in [6.45, 7) is 3.70. The Balaban J connectivity index is 1.58. The van der Waals surface area contributed by atoms with Crippen LogP contribution >= 0.6 is 35.0 Å². The lowest BCUT2D eigenvalue weighted by Gasteiger charge is -2.13. The van der Waals surface area contributed by atoms with Crippen molar-refractivity contribution in [1.82, 2.24) is 0 Å². The number of thioether (sulfide) groups is 1. The Morgan fingerprint density at radius 2 is 1.47 bits per heavy atom. The summed E-state index contributed by atoms with van der Waals surface area (Å²) >= 11 is 13.7. The van der Waals surface area contributed by atoms with Crippen molar-refractivity contribution in [3.05, 3.63) is 87.4 Å². The van der Waals surface area contributed by atoms with Crippen molar-refractivity contribution in [3.8, 4) is 0 Å². The van der Waals surface area contributed by atoms with Gasteiger partial charge < -0.3 is 5.32 Å². The Morgan fingerprint density at radius 3 is 2.06 bits per heavy atom. The summed E-state index contributed by atoms with van der Waals surface area (Å²) < 4.78 is 28.1. The SMILES string of the molecule is Cc1cccc(C)c1NS(=O)(=O)c1ccc(NC(=O)CSCc2c(Cl)cccc2Cl)cc1. The molecule has 0 saturated carbocycles. The van der Waals surface area contributed by atoms with Crippen molar-refractivity contribution < 1.29 is 13.2 Å². The second-order valence-electron chi connectivity index (χ2n) is 7.14. The van der Waals surface area contributed by atoms with Crippen LogP contribution in [0.25, 0.3) is 0 Å². The number of hydrogen-bond acceptors (Lipinski definition) is 4. The number of anilines is 2. The van der Waals surface area contributed by atoms with E-state index in [9.17, 15) is 13.2 Å². The first-order valence-corrected chi connectivity index (χ1v) is 13.1. The van der Waals surface area contributed by atoms with Crippen LogP contribution in [-0.2, 0) is 20.6 Å². The summed E-state index contributed by atoms with van der Waals surface area (Å²) in [4.78, 5) is 12.4. The molecule has 0 heterocycles. The number of halogens is 2. The van der Waals surface area contributed by atoms with E-state index in [2.05, 4.69) is 10.0 Å². The van der Waals surface area contributed by atoms with E-state index in [1.165, 1.54) is 23.9 Å². The third-order valence-corrected chi connectivity index (χ3v) is 7.74. The smallest absolute Gasteiger partial charge is 0.261 e. The fourth-order valence-corrected chi connectivity index (χ4v) is 5.77. The number of amides is 1. The predicted octanol–water partition coefficient (Wildman–Crippen LogP) is 6.28. The van der Waals surface area contributed by atoms with Crippen LogP contribution in [0.1, 0.15) is 16.7 Å². The molecule has 0 fully saturated rings. The molecule has 0 unspecified atom stereocenters. The van der Waals surface area contributed by atoms with Crippen LogP contribution in [-0.4, -0.2) is 20.1 Å². The maximum atomic E-state index is 12.7. The number of hydrogen-bond donors (Lipinski definition) is 2. The van der Waals surface area contributed by atoms with E-state index >= 15 is 0 Å². The van der Waals surface area contributed by atoms with Crippen molar-refractivity contribution in [3.63, 3.8) is 0 Å². The van der Waals surface area contributed by atoms with Gasteiger partial charge in [-0.3, -0.25) is 9.52 Å². The minimum absolute atomic E-state index is 0.112. The quantitative estimate of drug-likeness (QED) is 0.375. The van der Waals surface area contributed by atoms with E-state index in [1.807, 2.05) is 32.0 Å². The molecular weight excluding hydrogens is 487 g/mol. The highest BCUT2D eigenvalue weighted by Crippen LogP contribution is 2.28. The minimum atomic E-state index is -3.75. The van der Waals surface area contributed by atoms with Crippen LogP contribution in [0.2, 0.25) is 10.0 Å². The summed E-state index contributed by atoms with van der Waals surface area (Å²) in [6.07, 6.45) is 0. The van der Waals surface area contributed by atoms with Gasteiger partial charge in [0.05, 0.1) is 16.3 Å².